The summed E-state index contributed by atoms with van der Waals surface area (Å²) < 4.78 is 32.6. The number of carbonyl (C=O) groups is 1. The highest BCUT2D eigenvalue weighted by Gasteiger charge is 2.26. The first kappa shape index (κ1) is 21.5. The molecule has 0 atom stereocenters. The van der Waals surface area contributed by atoms with E-state index >= 15 is 0 Å². The van der Waals surface area contributed by atoms with E-state index in [0.29, 0.717) is 12.2 Å². The molecule has 0 saturated carbocycles. The van der Waals surface area contributed by atoms with E-state index < -0.39 is 15.9 Å². The number of rotatable bonds is 9. The predicted octanol–water partition coefficient (Wildman–Crippen LogP) is 2.97. The molecule has 1 heterocycles. The van der Waals surface area contributed by atoms with Gasteiger partial charge >= 0.3 is 0 Å². The number of amides is 1. The lowest BCUT2D eigenvalue weighted by atomic mass is 10.1. The largest absolute Gasteiger partial charge is 0.463 e. The molecule has 3 aromatic rings. The summed E-state index contributed by atoms with van der Waals surface area (Å²) in [6.07, 6.45) is 3.32. The molecule has 30 heavy (non-hydrogen) atoms. The summed E-state index contributed by atoms with van der Waals surface area (Å²) >= 11 is 0. The van der Waals surface area contributed by atoms with Crippen LogP contribution in [0.2, 0.25) is 0 Å². The molecule has 0 radical (unpaired) electrons. The third kappa shape index (κ3) is 5.88. The first-order valence-electron chi connectivity index (χ1n) is 9.41. The second-order valence-corrected chi connectivity index (χ2v) is 8.63. The van der Waals surface area contributed by atoms with E-state index in [1.807, 2.05) is 37.3 Å². The molecule has 0 aliphatic heterocycles. The topological polar surface area (TPSA) is 92.0 Å². The molecular weight excluding hydrogens is 402 g/mol. The molecule has 0 bridgehead atoms. The summed E-state index contributed by atoms with van der Waals surface area (Å²) in [5.74, 6) is -0.0648. The number of nitrogens with zero attached hydrogens (tertiary/aromatic N) is 2. The lowest BCUT2D eigenvalue weighted by Crippen LogP contribution is -2.40. The van der Waals surface area contributed by atoms with Gasteiger partial charge in [-0.05, 0) is 43.2 Å². The van der Waals surface area contributed by atoms with Crippen LogP contribution < -0.4 is 5.43 Å². The third-order valence-corrected chi connectivity index (χ3v) is 6.26. The van der Waals surface area contributed by atoms with E-state index in [0.717, 1.165) is 11.1 Å². The van der Waals surface area contributed by atoms with Crippen molar-refractivity contribution in [3.63, 3.8) is 0 Å². The zero-order valence-corrected chi connectivity index (χ0v) is 17.4. The molecule has 0 unspecified atom stereocenters. The molecule has 0 aliphatic carbocycles. The van der Waals surface area contributed by atoms with Crippen LogP contribution in [0.1, 0.15) is 16.9 Å². The van der Waals surface area contributed by atoms with Gasteiger partial charge in [0.1, 0.15) is 5.76 Å². The molecule has 0 saturated heterocycles. The number of carbonyl (C=O) groups excluding carboxylic acids is 1. The molecule has 7 nitrogen and oxygen atoms in total. The minimum absolute atomic E-state index is 0.146. The number of nitrogens with one attached hydrogen (secondary N) is 1. The summed E-state index contributed by atoms with van der Waals surface area (Å²) in [6.45, 7) is 1.70. The second-order valence-electron chi connectivity index (χ2n) is 6.70. The predicted molar refractivity (Wildman–Crippen MR) is 115 cm³/mol. The first-order valence-corrected chi connectivity index (χ1v) is 10.9. The Hall–Kier alpha value is -3.23. The first-order chi connectivity index (χ1) is 14.4. The number of hydrogen-bond acceptors (Lipinski definition) is 5. The van der Waals surface area contributed by atoms with Crippen molar-refractivity contribution in [1.29, 1.82) is 0 Å². The summed E-state index contributed by atoms with van der Waals surface area (Å²) in [5.41, 5.74) is 4.28. The van der Waals surface area contributed by atoms with E-state index in [4.69, 9.17) is 4.42 Å². The molecule has 1 aromatic heterocycles. The Morgan fingerprint density at radius 3 is 2.47 bits per heavy atom. The number of aryl methyl sites for hydroxylation is 1. The van der Waals surface area contributed by atoms with E-state index in [2.05, 4.69) is 10.5 Å². The van der Waals surface area contributed by atoms with Crippen LogP contribution in [0.15, 0.2) is 87.4 Å². The Balaban J connectivity index is 1.74. The number of hydrogen-bond donors (Lipinski definition) is 1. The van der Waals surface area contributed by atoms with Gasteiger partial charge in [-0.2, -0.15) is 9.41 Å². The van der Waals surface area contributed by atoms with E-state index in [1.165, 1.54) is 16.8 Å². The highest BCUT2D eigenvalue weighted by molar-refractivity contribution is 7.89. The van der Waals surface area contributed by atoms with Crippen LogP contribution in [0.5, 0.6) is 0 Å². The van der Waals surface area contributed by atoms with Gasteiger partial charge in [0, 0.05) is 6.54 Å². The van der Waals surface area contributed by atoms with Gasteiger partial charge < -0.3 is 4.42 Å². The van der Waals surface area contributed by atoms with Crippen LogP contribution in [-0.2, 0) is 21.2 Å². The number of benzene rings is 2. The Bertz CT molecular complexity index is 1080. The van der Waals surface area contributed by atoms with Gasteiger partial charge in [0.25, 0.3) is 5.91 Å². The van der Waals surface area contributed by atoms with Crippen LogP contribution in [0.25, 0.3) is 0 Å². The van der Waals surface area contributed by atoms with Crippen molar-refractivity contribution in [1.82, 2.24) is 9.73 Å². The summed E-state index contributed by atoms with van der Waals surface area (Å²) in [7, 11) is -3.85. The number of furan rings is 1. The average Bonchev–Trinajstić information content (AvgIpc) is 3.25. The zero-order chi connectivity index (χ0) is 21.4. The van der Waals surface area contributed by atoms with Crippen molar-refractivity contribution in [2.24, 2.45) is 5.10 Å². The molecule has 1 amide bonds. The Morgan fingerprint density at radius 2 is 1.80 bits per heavy atom. The minimum atomic E-state index is -3.85. The van der Waals surface area contributed by atoms with Crippen LogP contribution in [0.3, 0.4) is 0 Å². The maximum Gasteiger partial charge on any atom is 0.255 e. The lowest BCUT2D eigenvalue weighted by Gasteiger charge is -2.21. The van der Waals surface area contributed by atoms with E-state index in [9.17, 15) is 13.2 Å². The third-order valence-electron chi connectivity index (χ3n) is 4.40. The Kier molecular flexibility index (Phi) is 7.16. The van der Waals surface area contributed by atoms with Gasteiger partial charge in [-0.15, -0.1) is 0 Å². The molecular formula is C22H23N3O4S. The van der Waals surface area contributed by atoms with Gasteiger partial charge in [0.05, 0.1) is 23.9 Å². The summed E-state index contributed by atoms with van der Waals surface area (Å²) in [4.78, 5) is 12.5. The second kappa shape index (κ2) is 10.00. The SMILES string of the molecule is Cc1ccc(S(=O)(=O)N(CCc2ccccc2)CC(=O)N/N=C\c2ccco2)cc1. The highest BCUT2D eigenvalue weighted by Crippen LogP contribution is 2.17. The van der Waals surface area contributed by atoms with Gasteiger partial charge in [-0.1, -0.05) is 48.0 Å². The van der Waals surface area contributed by atoms with E-state index in [-0.39, 0.29) is 18.0 Å². The van der Waals surface area contributed by atoms with Crippen molar-refractivity contribution in [2.75, 3.05) is 13.1 Å². The quantitative estimate of drug-likeness (QED) is 0.421. The van der Waals surface area contributed by atoms with Gasteiger partial charge in [-0.3, -0.25) is 4.79 Å². The maximum atomic E-state index is 13.2. The molecule has 0 fully saturated rings. The smallest absolute Gasteiger partial charge is 0.255 e. The van der Waals surface area contributed by atoms with Crippen molar-refractivity contribution < 1.29 is 17.6 Å². The summed E-state index contributed by atoms with van der Waals surface area (Å²) in [5, 5.41) is 3.81. The fraction of sp³-hybridized carbons (Fsp3) is 0.182. The molecule has 156 valence electrons. The van der Waals surface area contributed by atoms with Crippen LogP contribution in [0.4, 0.5) is 0 Å². The fourth-order valence-corrected chi connectivity index (χ4v) is 4.17. The summed E-state index contributed by atoms with van der Waals surface area (Å²) in [6, 6.07) is 19.5. The lowest BCUT2D eigenvalue weighted by molar-refractivity contribution is -0.121. The average molecular weight is 426 g/mol. The number of hydrazone groups is 1. The van der Waals surface area contributed by atoms with Crippen LogP contribution in [-0.4, -0.2) is 37.9 Å². The molecule has 0 spiro atoms. The standard InChI is InChI=1S/C22H23N3O4S/c1-18-9-11-21(12-10-18)30(27,28)25(14-13-19-6-3-2-4-7-19)17-22(26)24-23-16-20-8-5-15-29-20/h2-12,15-16H,13-14,17H2,1H3,(H,24,26)/b23-16-. The minimum Gasteiger partial charge on any atom is -0.463 e. The molecule has 3 rings (SSSR count). The van der Waals surface area contributed by atoms with Crippen LogP contribution in [0, 0.1) is 6.92 Å². The molecule has 0 aliphatic rings. The van der Waals surface area contributed by atoms with Gasteiger partial charge in [0.15, 0.2) is 0 Å². The van der Waals surface area contributed by atoms with Gasteiger partial charge in [-0.25, -0.2) is 13.8 Å². The Morgan fingerprint density at radius 1 is 1.07 bits per heavy atom. The van der Waals surface area contributed by atoms with Crippen LogP contribution >= 0.6 is 0 Å². The van der Waals surface area contributed by atoms with E-state index in [1.54, 1.807) is 36.4 Å². The fourth-order valence-electron chi connectivity index (χ4n) is 2.77. The highest BCUT2D eigenvalue weighted by atomic mass is 32.2. The Labute approximate surface area is 176 Å². The molecule has 8 heteroatoms. The zero-order valence-electron chi connectivity index (χ0n) is 16.6. The van der Waals surface area contributed by atoms with Gasteiger partial charge in [0.2, 0.25) is 10.0 Å². The van der Waals surface area contributed by atoms with Crippen molar-refractivity contribution >= 4 is 22.1 Å². The number of sulfonamides is 1. The van der Waals surface area contributed by atoms with Crippen molar-refractivity contribution in [3.05, 3.63) is 89.9 Å². The normalized spacial score (nSPS) is 11.8. The maximum absolute atomic E-state index is 13.2. The molecule has 2 aromatic carbocycles. The van der Waals surface area contributed by atoms with Crippen molar-refractivity contribution in [2.45, 2.75) is 18.2 Å². The van der Waals surface area contributed by atoms with Crippen molar-refractivity contribution in [3.8, 4) is 0 Å². The molecule has 1 N–H and O–H groups in total. The monoisotopic (exact) mass is 425 g/mol.